The van der Waals surface area contributed by atoms with Crippen molar-refractivity contribution in [3.05, 3.63) is 47.4 Å². The van der Waals surface area contributed by atoms with Gasteiger partial charge in [0.2, 0.25) is 5.16 Å². The van der Waals surface area contributed by atoms with Crippen LogP contribution in [0, 0.1) is 6.92 Å². The molecule has 1 aromatic carbocycles. The number of nitrogens with one attached hydrogen (secondary N) is 1. The Morgan fingerprint density at radius 2 is 1.90 bits per heavy atom. The molecule has 0 aliphatic carbocycles. The van der Waals surface area contributed by atoms with E-state index >= 15 is 0 Å². The van der Waals surface area contributed by atoms with E-state index in [-0.39, 0.29) is 0 Å². The van der Waals surface area contributed by atoms with Gasteiger partial charge in [-0.05, 0) is 18.7 Å². The van der Waals surface area contributed by atoms with Gasteiger partial charge in [0, 0.05) is 11.6 Å². The van der Waals surface area contributed by atoms with E-state index in [1.54, 1.807) is 6.07 Å². The first-order valence-electron chi connectivity index (χ1n) is 5.87. The van der Waals surface area contributed by atoms with Gasteiger partial charge < -0.3 is 0 Å². The predicted molar refractivity (Wildman–Crippen MR) is 77.7 cm³/mol. The van der Waals surface area contributed by atoms with Crippen LogP contribution in [0.5, 0.6) is 0 Å². The van der Waals surface area contributed by atoms with Crippen molar-refractivity contribution in [2.75, 3.05) is 0 Å². The number of halogens is 1. The van der Waals surface area contributed by atoms with Crippen molar-refractivity contribution in [3.8, 4) is 11.4 Å². The third-order valence-electron chi connectivity index (χ3n) is 2.48. The zero-order valence-corrected chi connectivity index (χ0v) is 12.1. The average Bonchev–Trinajstić information content (AvgIpc) is 2.84. The number of hydrogen-bond donors (Lipinski definition) is 1. The molecule has 1 N–H and O–H groups in total. The van der Waals surface area contributed by atoms with Crippen LogP contribution in [0.4, 0.5) is 0 Å². The summed E-state index contributed by atoms with van der Waals surface area (Å²) in [5, 5.41) is 8.57. The van der Waals surface area contributed by atoms with Crippen LogP contribution in [-0.2, 0) is 0 Å². The monoisotopic (exact) mass is 303 g/mol. The molecule has 0 aliphatic heterocycles. The second-order valence-corrected chi connectivity index (χ2v) is 5.40. The lowest BCUT2D eigenvalue weighted by molar-refractivity contribution is 0.961. The average molecular weight is 304 g/mol. The van der Waals surface area contributed by atoms with E-state index in [1.165, 1.54) is 11.8 Å². The first-order chi connectivity index (χ1) is 9.70. The molecule has 0 amide bonds. The number of aromatic nitrogens is 5. The van der Waals surface area contributed by atoms with Crippen LogP contribution in [0.3, 0.4) is 0 Å². The molecular formula is C13H10ClN5S. The van der Waals surface area contributed by atoms with Crippen molar-refractivity contribution >= 4 is 23.4 Å². The molecule has 20 heavy (non-hydrogen) atoms. The van der Waals surface area contributed by atoms with E-state index < -0.39 is 0 Å². The minimum atomic E-state index is 0.397. The SMILES string of the molecule is Cc1nc(Sc2cc(Cl)nc(-c3ccccc3)n2)n[nH]1. The van der Waals surface area contributed by atoms with Crippen LogP contribution in [0.15, 0.2) is 46.6 Å². The van der Waals surface area contributed by atoms with Crippen LogP contribution >= 0.6 is 23.4 Å². The summed E-state index contributed by atoms with van der Waals surface area (Å²) in [5.41, 5.74) is 0.919. The number of H-pyrrole nitrogens is 1. The maximum absolute atomic E-state index is 6.06. The minimum Gasteiger partial charge on any atom is -0.262 e. The molecule has 5 nitrogen and oxygen atoms in total. The van der Waals surface area contributed by atoms with Gasteiger partial charge in [0.1, 0.15) is 16.0 Å². The number of nitrogens with zero attached hydrogens (tertiary/aromatic N) is 4. The van der Waals surface area contributed by atoms with E-state index in [4.69, 9.17) is 11.6 Å². The lowest BCUT2D eigenvalue weighted by atomic mass is 10.2. The van der Waals surface area contributed by atoms with Crippen molar-refractivity contribution in [2.24, 2.45) is 0 Å². The van der Waals surface area contributed by atoms with Crippen LogP contribution in [-0.4, -0.2) is 25.1 Å². The quantitative estimate of drug-likeness (QED) is 0.751. The van der Waals surface area contributed by atoms with Gasteiger partial charge in [-0.25, -0.2) is 15.0 Å². The highest BCUT2D eigenvalue weighted by Gasteiger charge is 2.09. The van der Waals surface area contributed by atoms with Gasteiger partial charge >= 0.3 is 0 Å². The van der Waals surface area contributed by atoms with Crippen molar-refractivity contribution in [1.82, 2.24) is 25.1 Å². The van der Waals surface area contributed by atoms with Gasteiger partial charge in [-0.2, -0.15) is 0 Å². The lowest BCUT2D eigenvalue weighted by Crippen LogP contribution is -1.92. The number of hydrogen-bond acceptors (Lipinski definition) is 5. The molecule has 0 atom stereocenters. The fourth-order valence-electron chi connectivity index (χ4n) is 1.63. The largest absolute Gasteiger partial charge is 0.262 e. The summed E-state index contributed by atoms with van der Waals surface area (Å²) in [7, 11) is 0. The number of rotatable bonds is 3. The summed E-state index contributed by atoms with van der Waals surface area (Å²) in [4.78, 5) is 13.0. The highest BCUT2D eigenvalue weighted by molar-refractivity contribution is 7.99. The second-order valence-electron chi connectivity index (χ2n) is 4.02. The molecular weight excluding hydrogens is 294 g/mol. The van der Waals surface area contributed by atoms with Gasteiger partial charge in [-0.15, -0.1) is 5.10 Å². The second kappa shape index (κ2) is 5.60. The van der Waals surface area contributed by atoms with Crippen molar-refractivity contribution < 1.29 is 0 Å². The molecule has 0 aliphatic rings. The van der Waals surface area contributed by atoms with E-state index in [0.717, 1.165) is 11.4 Å². The normalized spacial score (nSPS) is 10.7. The van der Waals surface area contributed by atoms with Crippen molar-refractivity contribution in [2.45, 2.75) is 17.1 Å². The van der Waals surface area contributed by atoms with E-state index in [2.05, 4.69) is 25.1 Å². The Morgan fingerprint density at radius 1 is 1.10 bits per heavy atom. The third-order valence-corrected chi connectivity index (χ3v) is 3.45. The first kappa shape index (κ1) is 13.1. The Hall–Kier alpha value is -1.92. The standard InChI is InChI=1S/C13H10ClN5S/c1-8-15-13(19-18-8)20-11-7-10(14)16-12(17-11)9-5-3-2-4-6-9/h2-7H,1H3,(H,15,18,19). The van der Waals surface area contributed by atoms with Gasteiger partial charge in [-0.3, -0.25) is 5.10 Å². The van der Waals surface area contributed by atoms with Gasteiger partial charge in [0.15, 0.2) is 5.82 Å². The van der Waals surface area contributed by atoms with Gasteiger partial charge in [0.25, 0.3) is 0 Å². The van der Waals surface area contributed by atoms with Crippen LogP contribution in [0.25, 0.3) is 11.4 Å². The Kier molecular flexibility index (Phi) is 3.66. The number of aromatic amines is 1. The van der Waals surface area contributed by atoms with Crippen molar-refractivity contribution in [1.29, 1.82) is 0 Å². The molecule has 7 heteroatoms. The molecule has 3 aromatic rings. The lowest BCUT2D eigenvalue weighted by Gasteiger charge is -2.03. The van der Waals surface area contributed by atoms with Crippen LogP contribution in [0.1, 0.15) is 5.82 Å². The molecule has 0 unspecified atom stereocenters. The van der Waals surface area contributed by atoms with Crippen molar-refractivity contribution in [3.63, 3.8) is 0 Å². The summed E-state index contributed by atoms with van der Waals surface area (Å²) in [6.07, 6.45) is 0. The fraction of sp³-hybridized carbons (Fsp3) is 0.0769. The molecule has 0 fully saturated rings. The zero-order valence-electron chi connectivity index (χ0n) is 10.5. The van der Waals surface area contributed by atoms with Crippen LogP contribution < -0.4 is 0 Å². The van der Waals surface area contributed by atoms with E-state index in [9.17, 15) is 0 Å². The maximum atomic E-state index is 6.06. The topological polar surface area (TPSA) is 67.3 Å². The zero-order chi connectivity index (χ0) is 13.9. The smallest absolute Gasteiger partial charge is 0.214 e. The maximum Gasteiger partial charge on any atom is 0.214 e. The highest BCUT2D eigenvalue weighted by Crippen LogP contribution is 2.27. The Bertz CT molecular complexity index is 729. The van der Waals surface area contributed by atoms with E-state index in [1.807, 2.05) is 37.3 Å². The molecule has 0 spiro atoms. The summed E-state index contributed by atoms with van der Waals surface area (Å²) in [5.74, 6) is 1.35. The molecule has 2 heterocycles. The number of aryl methyl sites for hydroxylation is 1. The van der Waals surface area contributed by atoms with Gasteiger partial charge in [-0.1, -0.05) is 41.9 Å². The highest BCUT2D eigenvalue weighted by atomic mass is 35.5. The Morgan fingerprint density at radius 3 is 2.60 bits per heavy atom. The predicted octanol–water partition coefficient (Wildman–Crippen LogP) is 3.37. The fourth-order valence-corrected chi connectivity index (χ4v) is 2.64. The Labute approximate surface area is 124 Å². The summed E-state index contributed by atoms with van der Waals surface area (Å²) >= 11 is 7.40. The first-order valence-corrected chi connectivity index (χ1v) is 7.07. The number of benzene rings is 1. The summed E-state index contributed by atoms with van der Waals surface area (Å²) < 4.78 is 0. The third kappa shape index (κ3) is 2.97. The van der Waals surface area contributed by atoms with Crippen LogP contribution in [0.2, 0.25) is 5.15 Å². The molecule has 0 bridgehead atoms. The molecule has 100 valence electrons. The molecule has 0 radical (unpaired) electrons. The molecule has 0 saturated carbocycles. The summed E-state index contributed by atoms with van der Waals surface area (Å²) in [6, 6.07) is 11.4. The molecule has 3 rings (SSSR count). The molecule has 2 aromatic heterocycles. The summed E-state index contributed by atoms with van der Waals surface area (Å²) in [6.45, 7) is 1.85. The van der Waals surface area contributed by atoms with E-state index in [0.29, 0.717) is 21.2 Å². The van der Waals surface area contributed by atoms with Gasteiger partial charge in [0.05, 0.1) is 0 Å². The minimum absolute atomic E-state index is 0.397. The Balaban J connectivity index is 1.94. The molecule has 0 saturated heterocycles.